The third kappa shape index (κ3) is 3.20. The van der Waals surface area contributed by atoms with Gasteiger partial charge in [0.05, 0.1) is 12.1 Å². The summed E-state index contributed by atoms with van der Waals surface area (Å²) in [7, 11) is 0. The van der Waals surface area contributed by atoms with Crippen molar-refractivity contribution in [2.75, 3.05) is 19.6 Å². The number of amides is 2. The molecule has 0 bridgehead atoms. The zero-order valence-corrected chi connectivity index (χ0v) is 12.1. The number of nitrogens with zero attached hydrogens (tertiary/aromatic N) is 4. The van der Waals surface area contributed by atoms with Crippen molar-refractivity contribution in [3.05, 3.63) is 24.3 Å². The average molecular weight is 288 g/mol. The first-order valence-corrected chi connectivity index (χ1v) is 7.56. The molecule has 3 heterocycles. The normalized spacial score (nSPS) is 20.1. The molecule has 2 amide bonds. The van der Waals surface area contributed by atoms with Gasteiger partial charge in [0.1, 0.15) is 0 Å². The van der Waals surface area contributed by atoms with Crippen LogP contribution in [0.1, 0.15) is 31.4 Å². The zero-order valence-electron chi connectivity index (χ0n) is 12.1. The van der Waals surface area contributed by atoms with Crippen LogP contribution in [0.4, 0.5) is 0 Å². The van der Waals surface area contributed by atoms with Crippen LogP contribution >= 0.6 is 0 Å². The second-order valence-electron chi connectivity index (χ2n) is 5.68. The van der Waals surface area contributed by atoms with Crippen molar-refractivity contribution in [3.8, 4) is 0 Å². The summed E-state index contributed by atoms with van der Waals surface area (Å²) in [5.41, 5.74) is 0.708. The van der Waals surface area contributed by atoms with E-state index in [-0.39, 0.29) is 11.8 Å². The number of hydrogen-bond acceptors (Lipinski definition) is 4. The molecule has 6 heteroatoms. The lowest BCUT2D eigenvalue weighted by Gasteiger charge is -2.36. The van der Waals surface area contributed by atoms with Crippen LogP contribution in [0, 0.1) is 0 Å². The number of rotatable bonds is 3. The topological polar surface area (TPSA) is 66.4 Å². The fraction of sp³-hybridized carbons (Fsp3) is 0.600. The summed E-state index contributed by atoms with van der Waals surface area (Å²) in [6, 6.07) is 0.320. The summed E-state index contributed by atoms with van der Waals surface area (Å²) in [6.07, 6.45) is 8.58. The minimum absolute atomic E-state index is 0.0988. The molecule has 3 rings (SSSR count). The number of hydrogen-bond donors (Lipinski definition) is 0. The van der Waals surface area contributed by atoms with Crippen LogP contribution in [0.15, 0.2) is 18.6 Å². The molecule has 21 heavy (non-hydrogen) atoms. The minimum atomic E-state index is 0.0988. The molecule has 6 nitrogen and oxygen atoms in total. The van der Waals surface area contributed by atoms with E-state index in [1.54, 1.807) is 18.6 Å². The molecular weight excluding hydrogens is 268 g/mol. The van der Waals surface area contributed by atoms with Crippen LogP contribution in [0.2, 0.25) is 0 Å². The molecule has 0 aromatic carbocycles. The van der Waals surface area contributed by atoms with E-state index in [9.17, 15) is 9.59 Å². The van der Waals surface area contributed by atoms with Crippen LogP contribution in [0.5, 0.6) is 0 Å². The third-order valence-corrected chi connectivity index (χ3v) is 4.32. The Morgan fingerprint density at radius 1 is 1.24 bits per heavy atom. The van der Waals surface area contributed by atoms with E-state index >= 15 is 0 Å². The molecule has 2 fully saturated rings. The van der Waals surface area contributed by atoms with Crippen molar-refractivity contribution in [1.82, 2.24) is 19.8 Å². The van der Waals surface area contributed by atoms with Gasteiger partial charge in [0, 0.05) is 50.7 Å². The van der Waals surface area contributed by atoms with E-state index < -0.39 is 0 Å². The Labute approximate surface area is 124 Å². The first kappa shape index (κ1) is 14.0. The maximum atomic E-state index is 12.2. The zero-order chi connectivity index (χ0) is 14.7. The lowest BCUT2D eigenvalue weighted by Crippen LogP contribution is -2.47. The van der Waals surface area contributed by atoms with Gasteiger partial charge in [-0.2, -0.15) is 0 Å². The fourth-order valence-corrected chi connectivity index (χ4v) is 3.17. The highest BCUT2D eigenvalue weighted by molar-refractivity contribution is 5.79. The maximum Gasteiger partial charge on any atom is 0.228 e. The molecule has 2 saturated heterocycles. The van der Waals surface area contributed by atoms with E-state index in [0.717, 1.165) is 38.9 Å². The largest absolute Gasteiger partial charge is 0.342 e. The van der Waals surface area contributed by atoms with Gasteiger partial charge in [-0.15, -0.1) is 0 Å². The molecule has 2 aliphatic rings. The maximum absolute atomic E-state index is 12.2. The Morgan fingerprint density at radius 3 is 2.67 bits per heavy atom. The highest BCUT2D eigenvalue weighted by Crippen LogP contribution is 2.22. The minimum Gasteiger partial charge on any atom is -0.342 e. The van der Waals surface area contributed by atoms with Crippen molar-refractivity contribution < 1.29 is 9.59 Å². The number of aromatic nitrogens is 2. The third-order valence-electron chi connectivity index (χ3n) is 4.32. The number of likely N-dealkylation sites (tertiary alicyclic amines) is 2. The predicted octanol–water partition coefficient (Wildman–Crippen LogP) is 0.632. The SMILES string of the molecule is O=C(Cc1cnccn1)N1CCC(N2CCCC2=O)CC1. The summed E-state index contributed by atoms with van der Waals surface area (Å²) in [4.78, 5) is 36.0. The van der Waals surface area contributed by atoms with Gasteiger partial charge in [0.15, 0.2) is 0 Å². The smallest absolute Gasteiger partial charge is 0.228 e. The van der Waals surface area contributed by atoms with E-state index in [1.165, 1.54) is 0 Å². The van der Waals surface area contributed by atoms with Gasteiger partial charge in [-0.1, -0.05) is 0 Å². The molecule has 0 atom stereocenters. The Balaban J connectivity index is 1.51. The van der Waals surface area contributed by atoms with E-state index in [0.29, 0.717) is 24.6 Å². The van der Waals surface area contributed by atoms with Crippen LogP contribution < -0.4 is 0 Å². The van der Waals surface area contributed by atoms with Gasteiger partial charge in [-0.25, -0.2) is 0 Å². The molecule has 0 radical (unpaired) electrons. The second kappa shape index (κ2) is 6.20. The quantitative estimate of drug-likeness (QED) is 0.818. The standard InChI is InChI=1S/C15H20N4O2/c20-14-2-1-7-19(14)13-3-8-18(9-4-13)15(21)10-12-11-16-5-6-17-12/h5-6,11,13H,1-4,7-10H2. The number of piperidine rings is 1. The molecule has 0 spiro atoms. The predicted molar refractivity (Wildman–Crippen MR) is 76.3 cm³/mol. The van der Waals surface area contributed by atoms with Crippen molar-refractivity contribution in [2.45, 2.75) is 38.1 Å². The van der Waals surface area contributed by atoms with E-state index in [4.69, 9.17) is 0 Å². The summed E-state index contributed by atoms with van der Waals surface area (Å²) in [5.74, 6) is 0.376. The highest BCUT2D eigenvalue weighted by atomic mass is 16.2. The van der Waals surface area contributed by atoms with Crippen molar-refractivity contribution in [3.63, 3.8) is 0 Å². The first-order valence-electron chi connectivity index (χ1n) is 7.56. The molecule has 0 unspecified atom stereocenters. The van der Waals surface area contributed by atoms with Gasteiger partial charge in [0.25, 0.3) is 0 Å². The monoisotopic (exact) mass is 288 g/mol. The summed E-state index contributed by atoms with van der Waals surface area (Å²) in [6.45, 7) is 2.35. The van der Waals surface area contributed by atoms with Crippen molar-refractivity contribution in [1.29, 1.82) is 0 Å². The molecule has 112 valence electrons. The Kier molecular flexibility index (Phi) is 4.13. The fourth-order valence-electron chi connectivity index (χ4n) is 3.17. The number of carbonyl (C=O) groups excluding carboxylic acids is 2. The molecule has 1 aromatic heterocycles. The lowest BCUT2D eigenvalue weighted by molar-refractivity contribution is -0.134. The lowest BCUT2D eigenvalue weighted by atomic mass is 10.0. The van der Waals surface area contributed by atoms with Gasteiger partial charge < -0.3 is 9.80 Å². The van der Waals surface area contributed by atoms with E-state index in [2.05, 4.69) is 9.97 Å². The molecule has 0 saturated carbocycles. The van der Waals surface area contributed by atoms with Gasteiger partial charge >= 0.3 is 0 Å². The average Bonchev–Trinajstić information content (AvgIpc) is 2.94. The molecule has 2 aliphatic heterocycles. The van der Waals surface area contributed by atoms with Crippen LogP contribution in [0.3, 0.4) is 0 Å². The van der Waals surface area contributed by atoms with E-state index in [1.807, 2.05) is 9.80 Å². The van der Waals surface area contributed by atoms with Crippen molar-refractivity contribution in [2.24, 2.45) is 0 Å². The summed E-state index contributed by atoms with van der Waals surface area (Å²) in [5, 5.41) is 0. The van der Waals surface area contributed by atoms with Crippen LogP contribution in [0.25, 0.3) is 0 Å². The van der Waals surface area contributed by atoms with Crippen LogP contribution in [-0.2, 0) is 16.0 Å². The van der Waals surface area contributed by atoms with Gasteiger partial charge in [0.2, 0.25) is 11.8 Å². The highest BCUT2D eigenvalue weighted by Gasteiger charge is 2.31. The molecular formula is C15H20N4O2. The van der Waals surface area contributed by atoms with Gasteiger partial charge in [-0.3, -0.25) is 19.6 Å². The second-order valence-corrected chi connectivity index (χ2v) is 5.68. The number of carbonyl (C=O) groups is 2. The summed E-state index contributed by atoms with van der Waals surface area (Å²) < 4.78 is 0. The summed E-state index contributed by atoms with van der Waals surface area (Å²) >= 11 is 0. The molecule has 0 N–H and O–H groups in total. The molecule has 1 aromatic rings. The Hall–Kier alpha value is -1.98. The van der Waals surface area contributed by atoms with Crippen LogP contribution in [-0.4, -0.2) is 57.3 Å². The first-order chi connectivity index (χ1) is 10.2. The van der Waals surface area contributed by atoms with Crippen molar-refractivity contribution >= 4 is 11.8 Å². The Bertz CT molecular complexity index is 512. The molecule has 0 aliphatic carbocycles. The Morgan fingerprint density at radius 2 is 2.05 bits per heavy atom. The van der Waals surface area contributed by atoms with Gasteiger partial charge in [-0.05, 0) is 19.3 Å².